The van der Waals surface area contributed by atoms with Gasteiger partial charge in [-0.15, -0.1) is 0 Å². The van der Waals surface area contributed by atoms with Gasteiger partial charge < -0.3 is 0 Å². The fourth-order valence-corrected chi connectivity index (χ4v) is 1.52. The summed E-state index contributed by atoms with van der Waals surface area (Å²) >= 11 is 1.47. The molecule has 0 saturated carbocycles. The number of thioether (sulfide) groups is 1. The molecule has 0 aromatic rings. The van der Waals surface area contributed by atoms with Gasteiger partial charge in [0.05, 0.1) is 0 Å². The van der Waals surface area contributed by atoms with Gasteiger partial charge in [0.15, 0.2) is 5.12 Å². The van der Waals surface area contributed by atoms with Crippen molar-refractivity contribution in [3.63, 3.8) is 0 Å². The first-order chi connectivity index (χ1) is 4.95. The number of rotatable bonds is 3. The fraction of sp³-hybridized carbons (Fsp3) is 0.889. The average Bonchev–Trinajstić information content (AvgIpc) is 1.83. The van der Waals surface area contributed by atoms with Crippen molar-refractivity contribution in [2.75, 3.05) is 5.75 Å². The van der Waals surface area contributed by atoms with Gasteiger partial charge in [-0.25, -0.2) is 0 Å². The van der Waals surface area contributed by atoms with Gasteiger partial charge in [0.2, 0.25) is 0 Å². The summed E-state index contributed by atoms with van der Waals surface area (Å²) in [6.45, 7) is 8.49. The van der Waals surface area contributed by atoms with Crippen LogP contribution in [0.2, 0.25) is 0 Å². The van der Waals surface area contributed by atoms with E-state index in [4.69, 9.17) is 0 Å². The van der Waals surface area contributed by atoms with Crippen LogP contribution in [-0.4, -0.2) is 10.9 Å². The Morgan fingerprint density at radius 2 is 1.91 bits per heavy atom. The van der Waals surface area contributed by atoms with E-state index in [1.165, 1.54) is 11.8 Å². The van der Waals surface area contributed by atoms with Crippen LogP contribution in [0.25, 0.3) is 0 Å². The summed E-state index contributed by atoms with van der Waals surface area (Å²) in [6, 6.07) is 0. The molecule has 0 amide bonds. The second-order valence-corrected chi connectivity index (χ2v) is 5.00. The van der Waals surface area contributed by atoms with Crippen LogP contribution in [0.3, 0.4) is 0 Å². The first-order valence-electron chi connectivity index (χ1n) is 4.11. The van der Waals surface area contributed by atoms with E-state index < -0.39 is 0 Å². The normalized spacial score (nSPS) is 11.6. The lowest BCUT2D eigenvalue weighted by atomic mass is 10.0. The first kappa shape index (κ1) is 11.0. The molecule has 0 aliphatic rings. The van der Waals surface area contributed by atoms with Crippen LogP contribution in [0.15, 0.2) is 0 Å². The molecule has 0 aromatic heterocycles. The third-order valence-electron chi connectivity index (χ3n) is 1.12. The van der Waals surface area contributed by atoms with E-state index in [1.807, 2.05) is 6.92 Å². The standard InChI is InChI=1S/C9H18OS/c1-5-6-8(10)11-7-9(2,3)4/h5-7H2,1-4H3. The van der Waals surface area contributed by atoms with Gasteiger partial charge in [-0.3, -0.25) is 4.79 Å². The van der Waals surface area contributed by atoms with Crippen LogP contribution < -0.4 is 0 Å². The molecule has 0 bridgehead atoms. The van der Waals surface area contributed by atoms with Crippen molar-refractivity contribution in [2.24, 2.45) is 5.41 Å². The van der Waals surface area contributed by atoms with Gasteiger partial charge >= 0.3 is 0 Å². The van der Waals surface area contributed by atoms with Crippen LogP contribution in [0.5, 0.6) is 0 Å². The lowest BCUT2D eigenvalue weighted by Crippen LogP contribution is -2.10. The van der Waals surface area contributed by atoms with Crippen molar-refractivity contribution >= 4 is 16.9 Å². The summed E-state index contributed by atoms with van der Waals surface area (Å²) in [6.07, 6.45) is 1.69. The summed E-state index contributed by atoms with van der Waals surface area (Å²) < 4.78 is 0. The summed E-state index contributed by atoms with van der Waals surface area (Å²) in [5.41, 5.74) is 0.272. The van der Waals surface area contributed by atoms with Crippen molar-refractivity contribution in [1.29, 1.82) is 0 Å². The van der Waals surface area contributed by atoms with Crippen molar-refractivity contribution < 1.29 is 4.79 Å². The molecular formula is C9H18OS. The largest absolute Gasteiger partial charge is 0.287 e. The Balaban J connectivity index is 3.46. The Morgan fingerprint density at radius 3 is 2.27 bits per heavy atom. The molecule has 1 nitrogen and oxygen atoms in total. The quantitative estimate of drug-likeness (QED) is 0.654. The van der Waals surface area contributed by atoms with Gasteiger partial charge in [-0.1, -0.05) is 39.5 Å². The number of carbonyl (C=O) groups excluding carboxylic acids is 1. The second-order valence-electron chi connectivity index (χ2n) is 3.97. The highest BCUT2D eigenvalue weighted by atomic mass is 32.2. The van der Waals surface area contributed by atoms with E-state index in [0.717, 1.165) is 18.6 Å². The molecule has 0 aliphatic heterocycles. The Morgan fingerprint density at radius 1 is 1.36 bits per heavy atom. The first-order valence-corrected chi connectivity index (χ1v) is 5.10. The monoisotopic (exact) mass is 174 g/mol. The maximum absolute atomic E-state index is 11.1. The van der Waals surface area contributed by atoms with Gasteiger partial charge in [0.25, 0.3) is 0 Å². The molecule has 0 rings (SSSR count). The maximum Gasteiger partial charge on any atom is 0.188 e. The Bertz CT molecular complexity index is 124. The van der Waals surface area contributed by atoms with Crippen molar-refractivity contribution in [3.8, 4) is 0 Å². The summed E-state index contributed by atoms with van der Waals surface area (Å²) in [5, 5.41) is 0.336. The zero-order valence-electron chi connectivity index (χ0n) is 7.94. The topological polar surface area (TPSA) is 17.1 Å². The average molecular weight is 174 g/mol. The minimum Gasteiger partial charge on any atom is -0.287 e. The summed E-state index contributed by atoms with van der Waals surface area (Å²) in [4.78, 5) is 11.1. The van der Waals surface area contributed by atoms with Gasteiger partial charge in [-0.2, -0.15) is 0 Å². The summed E-state index contributed by atoms with van der Waals surface area (Å²) in [5.74, 6) is 0.936. The molecule has 0 unspecified atom stereocenters. The van der Waals surface area contributed by atoms with Crippen LogP contribution in [-0.2, 0) is 4.79 Å². The Hall–Kier alpha value is 0.0200. The zero-order valence-corrected chi connectivity index (χ0v) is 8.75. The molecule has 0 saturated heterocycles. The van der Waals surface area contributed by atoms with Crippen LogP contribution in [0, 0.1) is 5.41 Å². The molecular weight excluding hydrogens is 156 g/mol. The van der Waals surface area contributed by atoms with E-state index in [9.17, 15) is 4.79 Å². The molecule has 2 heteroatoms. The Kier molecular flexibility index (Phi) is 4.82. The van der Waals surface area contributed by atoms with E-state index in [1.54, 1.807) is 0 Å². The molecule has 0 atom stereocenters. The molecule has 11 heavy (non-hydrogen) atoms. The molecule has 0 aliphatic carbocycles. The second kappa shape index (κ2) is 4.81. The van der Waals surface area contributed by atoms with E-state index in [2.05, 4.69) is 20.8 Å². The molecule has 0 fully saturated rings. The zero-order chi connectivity index (χ0) is 8.91. The van der Waals surface area contributed by atoms with E-state index in [-0.39, 0.29) is 5.41 Å². The van der Waals surface area contributed by atoms with Gasteiger partial charge in [0, 0.05) is 12.2 Å². The SMILES string of the molecule is CCCC(=O)SCC(C)(C)C. The predicted molar refractivity (Wildman–Crippen MR) is 51.8 cm³/mol. The van der Waals surface area contributed by atoms with Gasteiger partial charge in [0.1, 0.15) is 0 Å². The van der Waals surface area contributed by atoms with Crippen molar-refractivity contribution in [3.05, 3.63) is 0 Å². The lowest BCUT2D eigenvalue weighted by molar-refractivity contribution is -0.111. The number of carbonyl (C=O) groups is 1. The lowest BCUT2D eigenvalue weighted by Gasteiger charge is -2.16. The molecule has 0 aromatic carbocycles. The van der Waals surface area contributed by atoms with Crippen LogP contribution in [0.4, 0.5) is 0 Å². The predicted octanol–water partition coefficient (Wildman–Crippen LogP) is 3.09. The minimum absolute atomic E-state index is 0.272. The minimum atomic E-state index is 0.272. The van der Waals surface area contributed by atoms with E-state index in [0.29, 0.717) is 5.12 Å². The molecule has 0 heterocycles. The van der Waals surface area contributed by atoms with Crippen molar-refractivity contribution in [1.82, 2.24) is 0 Å². The number of hydrogen-bond acceptors (Lipinski definition) is 2. The third kappa shape index (κ3) is 7.92. The Labute approximate surface area is 73.9 Å². The van der Waals surface area contributed by atoms with Crippen LogP contribution >= 0.6 is 11.8 Å². The molecule has 0 spiro atoms. The van der Waals surface area contributed by atoms with Crippen molar-refractivity contribution in [2.45, 2.75) is 40.5 Å². The summed E-state index contributed by atoms with van der Waals surface area (Å²) in [7, 11) is 0. The highest BCUT2D eigenvalue weighted by Crippen LogP contribution is 2.21. The maximum atomic E-state index is 11.1. The number of hydrogen-bond donors (Lipinski definition) is 0. The smallest absolute Gasteiger partial charge is 0.188 e. The van der Waals surface area contributed by atoms with Crippen LogP contribution in [0.1, 0.15) is 40.5 Å². The van der Waals surface area contributed by atoms with E-state index >= 15 is 0 Å². The molecule has 0 N–H and O–H groups in total. The highest BCUT2D eigenvalue weighted by Gasteiger charge is 2.12. The van der Waals surface area contributed by atoms with Gasteiger partial charge in [-0.05, 0) is 11.8 Å². The molecule has 66 valence electrons. The third-order valence-corrected chi connectivity index (χ3v) is 2.66. The fourth-order valence-electron chi connectivity index (χ4n) is 0.573. The highest BCUT2D eigenvalue weighted by molar-refractivity contribution is 8.13. The molecule has 0 radical (unpaired) electrons.